The summed E-state index contributed by atoms with van der Waals surface area (Å²) in [5, 5.41) is 6.59. The Hall–Kier alpha value is -0.0900. The highest BCUT2D eigenvalue weighted by atomic mass is 32.2. The van der Waals surface area contributed by atoms with Gasteiger partial charge in [-0.3, -0.25) is 0 Å². The smallest absolute Gasteiger partial charge is 0.211 e. The lowest BCUT2D eigenvalue weighted by atomic mass is 10.0. The molecule has 1 N–H and O–H groups in total. The molecule has 0 amide bonds. The molecule has 0 aromatic rings. The van der Waals surface area contributed by atoms with Crippen molar-refractivity contribution in [1.82, 2.24) is 5.14 Å². The Labute approximate surface area is 74.4 Å². The third kappa shape index (κ3) is 3.11. The molecule has 0 atom stereocenters. The lowest BCUT2D eigenvalue weighted by Gasteiger charge is -2.16. The van der Waals surface area contributed by atoms with Crippen LogP contribution in [0, 0.1) is 0 Å². The monoisotopic (exact) mass is 190 g/mol. The Morgan fingerprint density at radius 1 is 0.917 bits per heavy atom. The van der Waals surface area contributed by atoms with Gasteiger partial charge in [0.15, 0.2) is 0 Å². The molecule has 71 valence electrons. The van der Waals surface area contributed by atoms with E-state index in [0.717, 1.165) is 25.7 Å². The highest BCUT2D eigenvalue weighted by molar-refractivity contribution is 7.89. The van der Waals surface area contributed by atoms with Gasteiger partial charge in [-0.1, -0.05) is 32.1 Å². The second-order valence-corrected chi connectivity index (χ2v) is 5.27. The minimum Gasteiger partial charge on any atom is -0.211 e. The van der Waals surface area contributed by atoms with E-state index in [1.54, 1.807) is 0 Å². The Morgan fingerprint density at radius 2 is 1.33 bits per heavy atom. The molecule has 12 heavy (non-hydrogen) atoms. The van der Waals surface area contributed by atoms with Crippen LogP contribution in [-0.2, 0) is 10.0 Å². The van der Waals surface area contributed by atoms with Crippen LogP contribution in [0.1, 0.15) is 44.9 Å². The lowest BCUT2D eigenvalue weighted by molar-refractivity contribution is 0.487. The molecule has 0 heterocycles. The zero-order chi connectivity index (χ0) is 9.03. The fourth-order valence-corrected chi connectivity index (χ4v) is 2.68. The van der Waals surface area contributed by atoms with Crippen LogP contribution in [0.4, 0.5) is 0 Å². The van der Waals surface area contributed by atoms with Gasteiger partial charge in [-0.25, -0.2) is 8.42 Å². The van der Waals surface area contributed by atoms with Crippen molar-refractivity contribution in [2.45, 2.75) is 50.2 Å². The summed E-state index contributed by atoms with van der Waals surface area (Å²) in [4.78, 5) is 0. The lowest BCUT2D eigenvalue weighted by Crippen LogP contribution is -2.22. The summed E-state index contributed by atoms with van der Waals surface area (Å²) in [7, 11) is -3.52. The molecule has 0 unspecified atom stereocenters. The number of hydrogen-bond acceptors (Lipinski definition) is 2. The average Bonchev–Trinajstić information content (AvgIpc) is 1.81. The Kier molecular flexibility index (Phi) is 3.53. The molecule has 1 fully saturated rings. The van der Waals surface area contributed by atoms with E-state index in [1.165, 1.54) is 6.42 Å². The Morgan fingerprint density at radius 3 is 1.75 bits per heavy atom. The molecule has 1 rings (SSSR count). The van der Waals surface area contributed by atoms with Crippen molar-refractivity contribution < 1.29 is 8.42 Å². The van der Waals surface area contributed by atoms with Gasteiger partial charge in [-0.05, 0) is 12.8 Å². The predicted octanol–water partition coefficient (Wildman–Crippen LogP) is 1.71. The summed E-state index contributed by atoms with van der Waals surface area (Å²) >= 11 is 0. The maximum atomic E-state index is 10.9. The topological polar surface area (TPSA) is 57.9 Å². The van der Waals surface area contributed by atoms with E-state index in [0.29, 0.717) is 12.8 Å². The van der Waals surface area contributed by atoms with Crippen LogP contribution < -0.4 is 5.14 Å². The van der Waals surface area contributed by atoms with E-state index in [2.05, 4.69) is 0 Å². The van der Waals surface area contributed by atoms with Gasteiger partial charge in [0.25, 0.3) is 0 Å². The molecule has 0 aliphatic heterocycles. The quantitative estimate of drug-likeness (QED) is 0.632. The summed E-state index contributed by atoms with van der Waals surface area (Å²) < 4.78 is 21.8. The number of nitrogens with one attached hydrogen (secondary N) is 1. The van der Waals surface area contributed by atoms with Crippen LogP contribution in [-0.4, -0.2) is 13.7 Å². The summed E-state index contributed by atoms with van der Waals surface area (Å²) in [5.41, 5.74) is 0. The van der Waals surface area contributed by atoms with Crippen molar-refractivity contribution in [1.29, 1.82) is 0 Å². The van der Waals surface area contributed by atoms with Gasteiger partial charge in [0.05, 0.1) is 5.25 Å². The van der Waals surface area contributed by atoms with Crippen molar-refractivity contribution in [3.8, 4) is 0 Å². The summed E-state index contributed by atoms with van der Waals surface area (Å²) in [6, 6.07) is 0. The zero-order valence-corrected chi connectivity index (χ0v) is 8.07. The molecule has 0 aromatic carbocycles. The standard InChI is InChI=1S/C8H16NO2S/c9-12(10,11)8-6-4-2-1-3-5-7-8/h8-9H,1-7H2. The first-order chi connectivity index (χ1) is 5.61. The first-order valence-corrected chi connectivity index (χ1v) is 6.14. The Bertz CT molecular complexity index is 215. The van der Waals surface area contributed by atoms with Crippen LogP contribution in [0.25, 0.3) is 0 Å². The first kappa shape index (κ1) is 9.99. The van der Waals surface area contributed by atoms with E-state index in [9.17, 15) is 8.42 Å². The number of hydrogen-bond donors (Lipinski definition) is 0. The van der Waals surface area contributed by atoms with Crippen molar-refractivity contribution in [3.05, 3.63) is 0 Å². The second kappa shape index (κ2) is 4.23. The third-order valence-corrected chi connectivity index (χ3v) is 3.84. The maximum Gasteiger partial charge on any atom is 0.228 e. The van der Waals surface area contributed by atoms with Crippen LogP contribution in [0.2, 0.25) is 0 Å². The number of sulfonamides is 1. The average molecular weight is 190 g/mol. The molecule has 1 radical (unpaired) electrons. The molecule has 0 aromatic heterocycles. The fraction of sp³-hybridized carbons (Fsp3) is 1.00. The van der Waals surface area contributed by atoms with Crippen molar-refractivity contribution in [2.75, 3.05) is 0 Å². The molecule has 1 saturated carbocycles. The van der Waals surface area contributed by atoms with Gasteiger partial charge in [-0.15, -0.1) is 5.14 Å². The highest BCUT2D eigenvalue weighted by Crippen LogP contribution is 2.21. The fourth-order valence-electron chi connectivity index (χ4n) is 1.73. The third-order valence-electron chi connectivity index (χ3n) is 2.49. The molecule has 1 aliphatic carbocycles. The molecule has 0 saturated heterocycles. The second-order valence-electron chi connectivity index (χ2n) is 3.51. The van der Waals surface area contributed by atoms with Crippen molar-refractivity contribution in [3.63, 3.8) is 0 Å². The molecule has 1 aliphatic rings. The van der Waals surface area contributed by atoms with E-state index in [-0.39, 0.29) is 5.25 Å². The normalized spacial score (nSPS) is 23.1. The van der Waals surface area contributed by atoms with Gasteiger partial charge in [0.2, 0.25) is 10.0 Å². The van der Waals surface area contributed by atoms with Gasteiger partial charge in [0, 0.05) is 0 Å². The minimum absolute atomic E-state index is 0.377. The molecule has 0 bridgehead atoms. The van der Waals surface area contributed by atoms with Crippen LogP contribution >= 0.6 is 0 Å². The van der Waals surface area contributed by atoms with Crippen LogP contribution in [0.3, 0.4) is 0 Å². The summed E-state index contributed by atoms with van der Waals surface area (Å²) in [6.07, 6.45) is 6.84. The van der Waals surface area contributed by atoms with E-state index in [1.807, 2.05) is 0 Å². The SMILES string of the molecule is [NH]S(=O)(=O)C1CCCCCCC1. The zero-order valence-electron chi connectivity index (χ0n) is 7.25. The van der Waals surface area contributed by atoms with Crippen LogP contribution in [0.15, 0.2) is 0 Å². The van der Waals surface area contributed by atoms with E-state index >= 15 is 0 Å². The van der Waals surface area contributed by atoms with Crippen LogP contribution in [0.5, 0.6) is 0 Å². The molecule has 3 nitrogen and oxygen atoms in total. The summed E-state index contributed by atoms with van der Waals surface area (Å²) in [5.74, 6) is 0. The van der Waals surface area contributed by atoms with Gasteiger partial charge in [-0.2, -0.15) is 0 Å². The number of rotatable bonds is 1. The largest absolute Gasteiger partial charge is 0.228 e. The van der Waals surface area contributed by atoms with E-state index < -0.39 is 10.0 Å². The molecule has 0 spiro atoms. The van der Waals surface area contributed by atoms with E-state index in [4.69, 9.17) is 5.14 Å². The van der Waals surface area contributed by atoms with Gasteiger partial charge < -0.3 is 0 Å². The molecular formula is C8H16NO2S. The maximum absolute atomic E-state index is 10.9. The Balaban J connectivity index is 2.51. The molecule has 4 heteroatoms. The predicted molar refractivity (Wildman–Crippen MR) is 48.1 cm³/mol. The van der Waals surface area contributed by atoms with Crippen molar-refractivity contribution in [2.24, 2.45) is 0 Å². The van der Waals surface area contributed by atoms with Crippen molar-refractivity contribution >= 4 is 10.0 Å². The summed E-state index contributed by atoms with van der Waals surface area (Å²) in [6.45, 7) is 0. The molecular weight excluding hydrogens is 174 g/mol. The van der Waals surface area contributed by atoms with Gasteiger partial charge in [0.1, 0.15) is 0 Å². The van der Waals surface area contributed by atoms with Gasteiger partial charge >= 0.3 is 0 Å². The first-order valence-electron chi connectivity index (χ1n) is 4.59. The highest BCUT2D eigenvalue weighted by Gasteiger charge is 2.22. The minimum atomic E-state index is -3.52.